The van der Waals surface area contributed by atoms with Crippen molar-refractivity contribution in [1.82, 2.24) is 9.55 Å². The van der Waals surface area contributed by atoms with Gasteiger partial charge in [-0.05, 0) is 42.3 Å². The fourth-order valence-electron chi connectivity index (χ4n) is 2.65. The summed E-state index contributed by atoms with van der Waals surface area (Å²) in [5, 5.41) is 6.04. The standard InChI is InChI=1S/C19H19FN4O2/c1-12(2)11-24-17(15-5-3-4-6-16(15)22-19(24)26)23-18(25)21-14-9-7-13(20)8-10-14/h3-10,12H,11H2,1-2H3,(H2,21,23,25). The van der Waals surface area contributed by atoms with Gasteiger partial charge in [-0.1, -0.05) is 26.0 Å². The molecule has 0 unspecified atom stereocenters. The summed E-state index contributed by atoms with van der Waals surface area (Å²) in [7, 11) is 0. The Labute approximate surface area is 149 Å². The fraction of sp³-hybridized carbons (Fsp3) is 0.211. The van der Waals surface area contributed by atoms with Crippen LogP contribution in [0.25, 0.3) is 10.9 Å². The maximum absolute atomic E-state index is 13.0. The summed E-state index contributed by atoms with van der Waals surface area (Å²) in [4.78, 5) is 28.9. The quantitative estimate of drug-likeness (QED) is 0.747. The van der Waals surface area contributed by atoms with E-state index >= 15 is 0 Å². The Morgan fingerprint density at radius 1 is 1.12 bits per heavy atom. The molecule has 134 valence electrons. The zero-order chi connectivity index (χ0) is 18.7. The molecule has 0 fully saturated rings. The minimum atomic E-state index is -0.523. The Morgan fingerprint density at radius 3 is 2.50 bits per heavy atom. The lowest BCUT2D eigenvalue weighted by atomic mass is 10.2. The smallest absolute Gasteiger partial charge is 0.308 e. The first-order valence-corrected chi connectivity index (χ1v) is 8.27. The molecule has 3 rings (SSSR count). The number of carbonyl (C=O) groups is 1. The summed E-state index contributed by atoms with van der Waals surface area (Å²) in [6.45, 7) is 4.37. The molecule has 0 spiro atoms. The van der Waals surface area contributed by atoms with Crippen molar-refractivity contribution < 1.29 is 9.18 Å². The van der Waals surface area contributed by atoms with Gasteiger partial charge in [0.1, 0.15) is 11.6 Å². The summed E-state index contributed by atoms with van der Waals surface area (Å²) in [6, 6.07) is 12.0. The molecule has 0 saturated heterocycles. The first-order chi connectivity index (χ1) is 12.4. The van der Waals surface area contributed by atoms with E-state index < -0.39 is 11.7 Å². The molecule has 2 amide bonds. The van der Waals surface area contributed by atoms with E-state index in [0.717, 1.165) is 0 Å². The van der Waals surface area contributed by atoms with Crippen LogP contribution in [0.3, 0.4) is 0 Å². The summed E-state index contributed by atoms with van der Waals surface area (Å²) in [5.74, 6) is 0.187. The van der Waals surface area contributed by atoms with E-state index in [2.05, 4.69) is 15.6 Å². The van der Waals surface area contributed by atoms with Crippen molar-refractivity contribution >= 4 is 28.4 Å². The number of fused-ring (bicyclic) bond motifs is 1. The molecule has 0 bridgehead atoms. The van der Waals surface area contributed by atoms with E-state index in [1.165, 1.54) is 28.8 Å². The van der Waals surface area contributed by atoms with Crippen molar-refractivity contribution in [3.8, 4) is 0 Å². The van der Waals surface area contributed by atoms with Crippen molar-refractivity contribution in [3.05, 3.63) is 64.8 Å². The third-order valence-electron chi connectivity index (χ3n) is 3.76. The van der Waals surface area contributed by atoms with Gasteiger partial charge < -0.3 is 5.32 Å². The molecule has 0 aliphatic carbocycles. The van der Waals surface area contributed by atoms with Crippen LogP contribution in [0, 0.1) is 11.7 Å². The zero-order valence-electron chi connectivity index (χ0n) is 14.5. The van der Waals surface area contributed by atoms with Crippen molar-refractivity contribution in [2.75, 3.05) is 10.6 Å². The van der Waals surface area contributed by atoms with E-state index in [1.54, 1.807) is 18.2 Å². The molecule has 0 aliphatic rings. The number of rotatable bonds is 4. The highest BCUT2D eigenvalue weighted by Crippen LogP contribution is 2.21. The predicted molar refractivity (Wildman–Crippen MR) is 99.9 cm³/mol. The average Bonchev–Trinajstić information content (AvgIpc) is 2.59. The third kappa shape index (κ3) is 3.88. The Balaban J connectivity index is 1.97. The van der Waals surface area contributed by atoms with Crippen LogP contribution in [0.1, 0.15) is 13.8 Å². The number of anilines is 2. The number of aromatic nitrogens is 2. The Morgan fingerprint density at radius 2 is 1.81 bits per heavy atom. The Kier molecular flexibility index (Phi) is 4.97. The lowest BCUT2D eigenvalue weighted by Crippen LogP contribution is -2.31. The van der Waals surface area contributed by atoms with E-state index in [1.807, 2.05) is 19.9 Å². The first kappa shape index (κ1) is 17.6. The number of urea groups is 1. The molecular formula is C19H19FN4O2. The van der Waals surface area contributed by atoms with Crippen molar-refractivity contribution in [2.45, 2.75) is 20.4 Å². The van der Waals surface area contributed by atoms with Gasteiger partial charge in [0.2, 0.25) is 0 Å². The van der Waals surface area contributed by atoms with Gasteiger partial charge in [0, 0.05) is 17.6 Å². The number of nitrogens with one attached hydrogen (secondary N) is 2. The van der Waals surface area contributed by atoms with Crippen LogP contribution in [0.15, 0.2) is 53.3 Å². The fourth-order valence-corrected chi connectivity index (χ4v) is 2.65. The number of halogens is 1. The van der Waals surface area contributed by atoms with Crippen LogP contribution in [0.2, 0.25) is 0 Å². The van der Waals surface area contributed by atoms with Crippen molar-refractivity contribution in [1.29, 1.82) is 0 Å². The molecule has 1 aromatic heterocycles. The van der Waals surface area contributed by atoms with Gasteiger partial charge in [-0.2, -0.15) is 4.98 Å². The van der Waals surface area contributed by atoms with Gasteiger partial charge >= 0.3 is 11.7 Å². The lowest BCUT2D eigenvalue weighted by Gasteiger charge is -2.17. The van der Waals surface area contributed by atoms with E-state index in [9.17, 15) is 14.0 Å². The minimum absolute atomic E-state index is 0.191. The SMILES string of the molecule is CC(C)Cn1c(NC(=O)Nc2ccc(F)cc2)c2ccccc2nc1=O. The summed E-state index contributed by atoms with van der Waals surface area (Å²) in [5.41, 5.74) is 0.532. The second kappa shape index (κ2) is 7.35. The third-order valence-corrected chi connectivity index (χ3v) is 3.76. The highest BCUT2D eigenvalue weighted by molar-refractivity contribution is 6.04. The highest BCUT2D eigenvalue weighted by Gasteiger charge is 2.15. The van der Waals surface area contributed by atoms with E-state index in [4.69, 9.17) is 0 Å². The van der Waals surface area contributed by atoms with Crippen LogP contribution in [0.4, 0.5) is 20.7 Å². The summed E-state index contributed by atoms with van der Waals surface area (Å²) >= 11 is 0. The number of benzene rings is 2. The topological polar surface area (TPSA) is 76.0 Å². The molecule has 6 nitrogen and oxygen atoms in total. The van der Waals surface area contributed by atoms with Crippen LogP contribution in [-0.4, -0.2) is 15.6 Å². The number of para-hydroxylation sites is 1. The summed E-state index contributed by atoms with van der Waals surface area (Å²) in [6.07, 6.45) is 0. The molecule has 26 heavy (non-hydrogen) atoms. The van der Waals surface area contributed by atoms with Crippen LogP contribution < -0.4 is 16.3 Å². The zero-order valence-corrected chi connectivity index (χ0v) is 14.5. The molecule has 0 aliphatic heterocycles. The maximum atomic E-state index is 13.0. The number of carbonyl (C=O) groups excluding carboxylic acids is 1. The molecule has 2 N–H and O–H groups in total. The van der Waals surface area contributed by atoms with Crippen LogP contribution >= 0.6 is 0 Å². The van der Waals surface area contributed by atoms with E-state index in [0.29, 0.717) is 29.0 Å². The summed E-state index contributed by atoms with van der Waals surface area (Å²) < 4.78 is 14.4. The molecular weight excluding hydrogens is 335 g/mol. The van der Waals surface area contributed by atoms with E-state index in [-0.39, 0.29) is 11.7 Å². The van der Waals surface area contributed by atoms with Crippen molar-refractivity contribution in [3.63, 3.8) is 0 Å². The van der Waals surface area contributed by atoms with Gasteiger partial charge in [-0.15, -0.1) is 0 Å². The molecule has 7 heteroatoms. The predicted octanol–water partition coefficient (Wildman–Crippen LogP) is 3.84. The monoisotopic (exact) mass is 354 g/mol. The normalized spacial score (nSPS) is 10.9. The van der Waals surface area contributed by atoms with Gasteiger partial charge in [0.15, 0.2) is 0 Å². The molecule has 2 aromatic carbocycles. The van der Waals surface area contributed by atoms with Crippen LogP contribution in [0.5, 0.6) is 0 Å². The molecule has 0 radical (unpaired) electrons. The highest BCUT2D eigenvalue weighted by atomic mass is 19.1. The van der Waals surface area contributed by atoms with Crippen LogP contribution in [-0.2, 0) is 6.54 Å². The van der Waals surface area contributed by atoms with Gasteiger partial charge in [-0.25, -0.2) is 14.0 Å². The average molecular weight is 354 g/mol. The van der Waals surface area contributed by atoms with Gasteiger partial charge in [0.25, 0.3) is 0 Å². The number of amides is 2. The Bertz CT molecular complexity index is 997. The largest absolute Gasteiger partial charge is 0.349 e. The molecule has 0 atom stereocenters. The molecule has 1 heterocycles. The maximum Gasteiger partial charge on any atom is 0.349 e. The van der Waals surface area contributed by atoms with Gasteiger partial charge in [0.05, 0.1) is 5.52 Å². The molecule has 3 aromatic rings. The van der Waals surface area contributed by atoms with Gasteiger partial charge in [-0.3, -0.25) is 9.88 Å². The second-order valence-electron chi connectivity index (χ2n) is 6.35. The minimum Gasteiger partial charge on any atom is -0.308 e. The second-order valence-corrected chi connectivity index (χ2v) is 6.35. The first-order valence-electron chi connectivity index (χ1n) is 8.27. The number of hydrogen-bond acceptors (Lipinski definition) is 3. The Hall–Kier alpha value is -3.22. The lowest BCUT2D eigenvalue weighted by molar-refractivity contribution is 0.262. The number of nitrogens with zero attached hydrogens (tertiary/aromatic N) is 2. The molecule has 0 saturated carbocycles. The van der Waals surface area contributed by atoms with Crippen molar-refractivity contribution in [2.24, 2.45) is 5.92 Å². The number of hydrogen-bond donors (Lipinski definition) is 2.